The summed E-state index contributed by atoms with van der Waals surface area (Å²) in [7, 11) is 3.30. The topological polar surface area (TPSA) is 76.8 Å². The highest BCUT2D eigenvalue weighted by Gasteiger charge is 2.31. The second-order valence-electron chi connectivity index (χ2n) is 6.78. The lowest BCUT2D eigenvalue weighted by Crippen LogP contribution is -2.40. The molecule has 1 aliphatic carbocycles. The monoisotopic (exact) mass is 405 g/mol. The summed E-state index contributed by atoms with van der Waals surface area (Å²) in [6.07, 6.45) is 3.63. The fourth-order valence-corrected chi connectivity index (χ4v) is 3.66. The van der Waals surface area contributed by atoms with Crippen LogP contribution in [0.15, 0.2) is 18.2 Å². The van der Waals surface area contributed by atoms with Crippen LogP contribution in [0.25, 0.3) is 0 Å². The molecule has 1 amide bonds. The van der Waals surface area contributed by atoms with E-state index in [0.717, 1.165) is 56.0 Å². The van der Waals surface area contributed by atoms with Crippen LogP contribution in [0.5, 0.6) is 11.5 Å². The zero-order valence-corrected chi connectivity index (χ0v) is 16.9. The first-order valence-electron chi connectivity index (χ1n) is 8.63. The van der Waals surface area contributed by atoms with Crippen molar-refractivity contribution >= 4 is 36.4 Å². The van der Waals surface area contributed by atoms with Gasteiger partial charge in [-0.15, -0.1) is 24.8 Å². The Bertz CT molecular complexity index is 581. The molecule has 1 saturated heterocycles. The third kappa shape index (κ3) is 5.32. The summed E-state index contributed by atoms with van der Waals surface area (Å²) < 4.78 is 10.7. The van der Waals surface area contributed by atoms with E-state index in [0.29, 0.717) is 0 Å². The summed E-state index contributed by atoms with van der Waals surface area (Å²) in [5, 5.41) is 3.20. The Balaban J connectivity index is 0.00000169. The molecule has 2 fully saturated rings. The molecular formula is C18H29Cl2N3O3. The first-order chi connectivity index (χ1) is 11.6. The SMILES string of the molecule is COc1cc(OC)cc(N2CCC(NC(=O)C3CCC(N)C3)C2)c1.Cl.Cl. The Morgan fingerprint density at radius 2 is 1.77 bits per heavy atom. The molecule has 1 aromatic carbocycles. The third-order valence-corrected chi connectivity index (χ3v) is 5.08. The van der Waals surface area contributed by atoms with E-state index >= 15 is 0 Å². The van der Waals surface area contributed by atoms with E-state index in [1.54, 1.807) is 14.2 Å². The van der Waals surface area contributed by atoms with Crippen LogP contribution in [0.1, 0.15) is 25.7 Å². The van der Waals surface area contributed by atoms with Crippen LogP contribution in [0, 0.1) is 5.92 Å². The Hall–Kier alpha value is -1.37. The molecule has 3 atom stereocenters. The lowest BCUT2D eigenvalue weighted by molar-refractivity contribution is -0.125. The summed E-state index contributed by atoms with van der Waals surface area (Å²) in [6, 6.07) is 6.24. The van der Waals surface area contributed by atoms with Gasteiger partial charge in [-0.3, -0.25) is 4.79 Å². The van der Waals surface area contributed by atoms with Crippen molar-refractivity contribution in [1.82, 2.24) is 5.32 Å². The van der Waals surface area contributed by atoms with Gasteiger partial charge in [0.05, 0.1) is 14.2 Å². The first-order valence-corrected chi connectivity index (χ1v) is 8.63. The minimum absolute atomic E-state index is 0. The molecule has 8 heteroatoms. The summed E-state index contributed by atoms with van der Waals surface area (Å²) in [5.41, 5.74) is 6.97. The molecule has 0 bridgehead atoms. The van der Waals surface area contributed by atoms with Gasteiger partial charge < -0.3 is 25.4 Å². The lowest BCUT2D eigenvalue weighted by atomic mass is 10.1. The van der Waals surface area contributed by atoms with Gasteiger partial charge in [0.25, 0.3) is 0 Å². The van der Waals surface area contributed by atoms with Gasteiger partial charge in [-0.2, -0.15) is 0 Å². The molecule has 3 N–H and O–H groups in total. The van der Waals surface area contributed by atoms with Crippen LogP contribution in [0.3, 0.4) is 0 Å². The van der Waals surface area contributed by atoms with Crippen LogP contribution in [-0.4, -0.2) is 45.3 Å². The fourth-order valence-electron chi connectivity index (χ4n) is 3.66. The summed E-state index contributed by atoms with van der Waals surface area (Å²) in [4.78, 5) is 14.6. The lowest BCUT2D eigenvalue weighted by Gasteiger charge is -2.21. The van der Waals surface area contributed by atoms with Crippen molar-refractivity contribution in [3.05, 3.63) is 18.2 Å². The van der Waals surface area contributed by atoms with Crippen LogP contribution in [-0.2, 0) is 4.79 Å². The zero-order valence-electron chi connectivity index (χ0n) is 15.3. The van der Waals surface area contributed by atoms with Crippen LogP contribution < -0.4 is 25.4 Å². The molecule has 1 aromatic rings. The van der Waals surface area contributed by atoms with Crippen molar-refractivity contribution in [2.75, 3.05) is 32.2 Å². The average Bonchev–Trinajstić information content (AvgIpc) is 3.23. The number of amides is 1. The number of anilines is 1. The minimum atomic E-state index is 0. The molecule has 3 rings (SSSR count). The molecular weight excluding hydrogens is 377 g/mol. The van der Waals surface area contributed by atoms with Gasteiger partial charge in [0.2, 0.25) is 5.91 Å². The Morgan fingerprint density at radius 1 is 1.12 bits per heavy atom. The van der Waals surface area contributed by atoms with Gasteiger partial charge in [-0.05, 0) is 25.7 Å². The van der Waals surface area contributed by atoms with Crippen molar-refractivity contribution in [3.8, 4) is 11.5 Å². The predicted molar refractivity (Wildman–Crippen MR) is 108 cm³/mol. The number of ether oxygens (including phenoxy) is 2. The molecule has 1 saturated carbocycles. The number of nitrogens with zero attached hydrogens (tertiary/aromatic N) is 1. The number of carbonyl (C=O) groups excluding carboxylic acids is 1. The minimum Gasteiger partial charge on any atom is -0.497 e. The van der Waals surface area contributed by atoms with Gasteiger partial charge in [-0.25, -0.2) is 0 Å². The summed E-state index contributed by atoms with van der Waals surface area (Å²) >= 11 is 0. The summed E-state index contributed by atoms with van der Waals surface area (Å²) in [6.45, 7) is 1.71. The number of hydrogen-bond acceptors (Lipinski definition) is 5. The zero-order chi connectivity index (χ0) is 17.1. The standard InChI is InChI=1S/C18H27N3O3.2ClH/c1-23-16-8-15(9-17(10-16)24-2)21-6-5-14(11-21)20-18(22)12-3-4-13(19)7-12;;/h8-10,12-14H,3-7,11,19H2,1-2H3,(H,20,22);2*1H. The van der Waals surface area contributed by atoms with Gasteiger partial charge in [0.15, 0.2) is 0 Å². The number of nitrogens with one attached hydrogen (secondary N) is 1. The normalized spacial score (nSPS) is 24.4. The first kappa shape index (κ1) is 22.7. The van der Waals surface area contributed by atoms with E-state index < -0.39 is 0 Å². The van der Waals surface area contributed by atoms with Gasteiger partial charge in [-0.1, -0.05) is 0 Å². The van der Waals surface area contributed by atoms with Crippen molar-refractivity contribution in [3.63, 3.8) is 0 Å². The number of nitrogens with two attached hydrogens (primary N) is 1. The maximum Gasteiger partial charge on any atom is 0.223 e. The summed E-state index contributed by atoms with van der Waals surface area (Å²) in [5.74, 6) is 1.80. The Kier molecular flexibility index (Phi) is 8.80. The van der Waals surface area contributed by atoms with Gasteiger partial charge in [0, 0.05) is 55.0 Å². The Labute approximate surface area is 167 Å². The van der Waals surface area contributed by atoms with E-state index in [-0.39, 0.29) is 48.7 Å². The fraction of sp³-hybridized carbons (Fsp3) is 0.611. The van der Waals surface area contributed by atoms with E-state index in [9.17, 15) is 4.79 Å². The molecule has 0 radical (unpaired) electrons. The maximum absolute atomic E-state index is 12.4. The highest BCUT2D eigenvalue weighted by molar-refractivity contribution is 5.85. The van der Waals surface area contributed by atoms with E-state index in [1.165, 1.54) is 0 Å². The van der Waals surface area contributed by atoms with Crippen molar-refractivity contribution in [1.29, 1.82) is 0 Å². The van der Waals surface area contributed by atoms with Crippen LogP contribution in [0.4, 0.5) is 5.69 Å². The highest BCUT2D eigenvalue weighted by Crippen LogP contribution is 2.31. The number of halogens is 2. The van der Waals surface area contributed by atoms with E-state index in [1.807, 2.05) is 18.2 Å². The number of hydrogen-bond donors (Lipinski definition) is 2. The van der Waals surface area contributed by atoms with Crippen LogP contribution in [0.2, 0.25) is 0 Å². The molecule has 148 valence electrons. The van der Waals surface area contributed by atoms with Crippen molar-refractivity contribution < 1.29 is 14.3 Å². The maximum atomic E-state index is 12.4. The molecule has 3 unspecified atom stereocenters. The number of benzene rings is 1. The molecule has 1 aliphatic heterocycles. The quantitative estimate of drug-likeness (QED) is 0.785. The van der Waals surface area contributed by atoms with Crippen LogP contribution >= 0.6 is 24.8 Å². The second-order valence-corrected chi connectivity index (χ2v) is 6.78. The number of rotatable bonds is 5. The second kappa shape index (κ2) is 10.1. The molecule has 6 nitrogen and oxygen atoms in total. The highest BCUT2D eigenvalue weighted by atomic mass is 35.5. The van der Waals surface area contributed by atoms with Gasteiger partial charge in [0.1, 0.15) is 11.5 Å². The Morgan fingerprint density at radius 3 is 2.31 bits per heavy atom. The smallest absolute Gasteiger partial charge is 0.223 e. The van der Waals surface area contributed by atoms with E-state index in [2.05, 4.69) is 10.2 Å². The molecule has 26 heavy (non-hydrogen) atoms. The number of carbonyl (C=O) groups is 1. The van der Waals surface area contributed by atoms with Crippen molar-refractivity contribution in [2.24, 2.45) is 11.7 Å². The molecule has 2 aliphatic rings. The third-order valence-electron chi connectivity index (χ3n) is 5.08. The van der Waals surface area contributed by atoms with Crippen molar-refractivity contribution in [2.45, 2.75) is 37.8 Å². The molecule has 0 spiro atoms. The van der Waals surface area contributed by atoms with Gasteiger partial charge >= 0.3 is 0 Å². The predicted octanol–water partition coefficient (Wildman–Crippen LogP) is 2.37. The molecule has 0 aromatic heterocycles. The number of methoxy groups -OCH3 is 2. The molecule has 1 heterocycles. The largest absolute Gasteiger partial charge is 0.497 e. The van der Waals surface area contributed by atoms with E-state index in [4.69, 9.17) is 15.2 Å². The average molecular weight is 406 g/mol.